The molecular weight excluding hydrogens is 292 g/mol. The average molecular weight is 318 g/mol. The molecule has 4 rings (SSSR count). The fourth-order valence-electron chi connectivity index (χ4n) is 3.74. The molecule has 1 aromatic heterocycles. The van der Waals surface area contributed by atoms with Gasteiger partial charge in [-0.2, -0.15) is 5.10 Å². The first kappa shape index (κ1) is 15.1. The summed E-state index contributed by atoms with van der Waals surface area (Å²) in [6.07, 6.45) is 4.66. The third-order valence-electron chi connectivity index (χ3n) is 5.34. The Morgan fingerprint density at radius 3 is 2.83 bits per heavy atom. The number of aliphatic hydroxyl groups is 1. The lowest BCUT2D eigenvalue weighted by Crippen LogP contribution is -2.35. The Morgan fingerprint density at radius 1 is 1.22 bits per heavy atom. The van der Waals surface area contributed by atoms with Crippen molar-refractivity contribution in [2.45, 2.75) is 51.3 Å². The highest BCUT2D eigenvalue weighted by Gasteiger charge is 2.33. The maximum absolute atomic E-state index is 11.7. The van der Waals surface area contributed by atoms with Crippen molar-refractivity contribution in [3.8, 4) is 0 Å². The lowest BCUT2D eigenvalue weighted by Gasteiger charge is -2.23. The highest BCUT2D eigenvalue weighted by Crippen LogP contribution is 2.40. The van der Waals surface area contributed by atoms with Crippen LogP contribution in [-0.4, -0.2) is 56.8 Å². The molecule has 2 aliphatic heterocycles. The van der Waals surface area contributed by atoms with Gasteiger partial charge in [0.05, 0.1) is 11.4 Å². The zero-order valence-corrected chi connectivity index (χ0v) is 13.7. The first-order valence-electron chi connectivity index (χ1n) is 8.95. The molecule has 6 heteroatoms. The minimum absolute atomic E-state index is 0.305. The molecule has 1 saturated carbocycles. The smallest absolute Gasteiger partial charge is 0.222 e. The molecule has 0 spiro atoms. The molecule has 23 heavy (non-hydrogen) atoms. The number of aromatic nitrogens is 2. The van der Waals surface area contributed by atoms with E-state index in [4.69, 9.17) is 0 Å². The topological polar surface area (TPSA) is 61.6 Å². The van der Waals surface area contributed by atoms with Crippen LogP contribution in [0.1, 0.15) is 49.6 Å². The SMILES string of the molecule is O=C1CCCN1CCN1CCCn2nc(C(O)C3CC3)cc2C1. The lowest BCUT2D eigenvalue weighted by atomic mass is 10.1. The van der Waals surface area contributed by atoms with E-state index in [1.165, 1.54) is 5.69 Å². The second-order valence-corrected chi connectivity index (χ2v) is 7.18. The molecule has 1 amide bonds. The van der Waals surface area contributed by atoms with Crippen LogP contribution >= 0.6 is 0 Å². The van der Waals surface area contributed by atoms with Crippen LogP contribution in [0.25, 0.3) is 0 Å². The van der Waals surface area contributed by atoms with Crippen LogP contribution in [-0.2, 0) is 17.9 Å². The van der Waals surface area contributed by atoms with Gasteiger partial charge in [0.1, 0.15) is 6.10 Å². The first-order chi connectivity index (χ1) is 11.2. The monoisotopic (exact) mass is 318 g/mol. The average Bonchev–Trinajstić information content (AvgIpc) is 3.25. The number of aliphatic hydroxyl groups excluding tert-OH is 1. The second-order valence-electron chi connectivity index (χ2n) is 7.18. The van der Waals surface area contributed by atoms with E-state index >= 15 is 0 Å². The van der Waals surface area contributed by atoms with Crippen molar-refractivity contribution in [3.05, 3.63) is 17.5 Å². The van der Waals surface area contributed by atoms with Crippen LogP contribution in [0, 0.1) is 5.92 Å². The molecule has 6 nitrogen and oxygen atoms in total. The number of fused-ring (bicyclic) bond motifs is 1. The Labute approximate surface area is 137 Å². The number of carbonyl (C=O) groups excluding carboxylic acids is 1. The van der Waals surface area contributed by atoms with Gasteiger partial charge in [-0.3, -0.25) is 14.4 Å². The Balaban J connectivity index is 1.39. The van der Waals surface area contributed by atoms with Crippen LogP contribution in [0.15, 0.2) is 6.07 Å². The summed E-state index contributed by atoms with van der Waals surface area (Å²) in [7, 11) is 0. The van der Waals surface area contributed by atoms with E-state index in [0.717, 1.165) is 77.1 Å². The molecule has 0 aromatic carbocycles. The summed E-state index contributed by atoms with van der Waals surface area (Å²) in [6, 6.07) is 2.09. The molecule has 3 heterocycles. The molecule has 126 valence electrons. The van der Waals surface area contributed by atoms with E-state index in [1.807, 2.05) is 4.90 Å². The van der Waals surface area contributed by atoms with E-state index in [1.54, 1.807) is 0 Å². The van der Waals surface area contributed by atoms with Crippen LogP contribution in [0.4, 0.5) is 0 Å². The summed E-state index contributed by atoms with van der Waals surface area (Å²) < 4.78 is 2.07. The van der Waals surface area contributed by atoms with Crippen molar-refractivity contribution < 1.29 is 9.90 Å². The van der Waals surface area contributed by atoms with E-state index in [0.29, 0.717) is 11.8 Å². The Bertz CT molecular complexity index is 581. The fourth-order valence-corrected chi connectivity index (χ4v) is 3.74. The molecule has 1 aromatic rings. The Morgan fingerprint density at radius 2 is 2.09 bits per heavy atom. The van der Waals surface area contributed by atoms with Crippen molar-refractivity contribution in [1.82, 2.24) is 19.6 Å². The molecule has 1 saturated heterocycles. The van der Waals surface area contributed by atoms with Gasteiger partial charge in [-0.25, -0.2) is 0 Å². The maximum atomic E-state index is 11.7. The summed E-state index contributed by atoms with van der Waals surface area (Å²) in [5.41, 5.74) is 2.05. The van der Waals surface area contributed by atoms with Crippen molar-refractivity contribution in [2.75, 3.05) is 26.2 Å². The lowest BCUT2D eigenvalue weighted by molar-refractivity contribution is -0.127. The number of amides is 1. The molecule has 0 radical (unpaired) electrons. The van der Waals surface area contributed by atoms with Gasteiger partial charge in [-0.15, -0.1) is 0 Å². The fraction of sp³-hybridized carbons (Fsp3) is 0.765. The van der Waals surface area contributed by atoms with Gasteiger partial charge in [0.15, 0.2) is 0 Å². The summed E-state index contributed by atoms with van der Waals surface area (Å²) >= 11 is 0. The van der Waals surface area contributed by atoms with Gasteiger partial charge in [-0.1, -0.05) is 0 Å². The van der Waals surface area contributed by atoms with Crippen LogP contribution in [0.5, 0.6) is 0 Å². The number of rotatable bonds is 5. The quantitative estimate of drug-likeness (QED) is 0.885. The number of hydrogen-bond donors (Lipinski definition) is 1. The second kappa shape index (κ2) is 6.24. The van der Waals surface area contributed by atoms with Gasteiger partial charge < -0.3 is 10.0 Å². The van der Waals surface area contributed by atoms with Crippen LogP contribution in [0.3, 0.4) is 0 Å². The number of hydrogen-bond acceptors (Lipinski definition) is 4. The Hall–Kier alpha value is -1.40. The molecule has 2 fully saturated rings. The summed E-state index contributed by atoms with van der Waals surface area (Å²) in [6.45, 7) is 5.52. The molecule has 1 atom stereocenters. The van der Waals surface area contributed by atoms with Crippen molar-refractivity contribution >= 4 is 5.91 Å². The molecule has 1 unspecified atom stereocenters. The number of likely N-dealkylation sites (tertiary alicyclic amines) is 1. The number of carbonyl (C=O) groups is 1. The van der Waals surface area contributed by atoms with Crippen molar-refractivity contribution in [1.29, 1.82) is 0 Å². The van der Waals surface area contributed by atoms with E-state index in [9.17, 15) is 9.90 Å². The van der Waals surface area contributed by atoms with Crippen molar-refractivity contribution in [3.63, 3.8) is 0 Å². The third-order valence-corrected chi connectivity index (χ3v) is 5.34. The Kier molecular flexibility index (Phi) is 4.11. The van der Waals surface area contributed by atoms with Crippen LogP contribution < -0.4 is 0 Å². The predicted octanol–water partition coefficient (Wildman–Crippen LogP) is 1.15. The van der Waals surface area contributed by atoms with E-state index < -0.39 is 0 Å². The van der Waals surface area contributed by atoms with Gasteiger partial charge >= 0.3 is 0 Å². The normalized spacial score (nSPS) is 23.9. The molecular formula is C17H26N4O2. The van der Waals surface area contributed by atoms with Gasteiger partial charge in [0.2, 0.25) is 5.91 Å². The predicted molar refractivity (Wildman–Crippen MR) is 85.6 cm³/mol. The maximum Gasteiger partial charge on any atom is 0.222 e. The van der Waals surface area contributed by atoms with Gasteiger partial charge in [0, 0.05) is 45.7 Å². The first-order valence-corrected chi connectivity index (χ1v) is 8.95. The summed E-state index contributed by atoms with van der Waals surface area (Å²) in [4.78, 5) is 16.1. The zero-order valence-electron chi connectivity index (χ0n) is 13.7. The summed E-state index contributed by atoms with van der Waals surface area (Å²) in [5.74, 6) is 0.728. The largest absolute Gasteiger partial charge is 0.386 e. The molecule has 3 aliphatic rings. The molecule has 1 aliphatic carbocycles. The molecule has 0 bridgehead atoms. The number of aryl methyl sites for hydroxylation is 1. The van der Waals surface area contributed by atoms with E-state index in [2.05, 4.69) is 20.7 Å². The zero-order chi connectivity index (χ0) is 15.8. The third kappa shape index (κ3) is 3.28. The van der Waals surface area contributed by atoms with Crippen molar-refractivity contribution in [2.24, 2.45) is 5.92 Å². The van der Waals surface area contributed by atoms with Crippen LogP contribution in [0.2, 0.25) is 0 Å². The highest BCUT2D eigenvalue weighted by atomic mass is 16.3. The number of nitrogens with zero attached hydrogens (tertiary/aromatic N) is 4. The highest BCUT2D eigenvalue weighted by molar-refractivity contribution is 5.78. The summed E-state index contributed by atoms with van der Waals surface area (Å²) in [5, 5.41) is 14.9. The molecule has 1 N–H and O–H groups in total. The standard InChI is InChI=1S/C17H26N4O2/c22-16-3-1-7-20(16)10-9-19-6-2-8-21-14(12-19)11-15(18-21)17(23)13-4-5-13/h11,13,17,23H,1-10,12H2. The minimum Gasteiger partial charge on any atom is -0.386 e. The van der Waals surface area contributed by atoms with Gasteiger partial charge in [0.25, 0.3) is 0 Å². The van der Waals surface area contributed by atoms with E-state index in [-0.39, 0.29) is 6.10 Å². The minimum atomic E-state index is -0.384. The van der Waals surface area contributed by atoms with Gasteiger partial charge in [-0.05, 0) is 37.7 Å².